The van der Waals surface area contributed by atoms with Crippen LogP contribution in [0.5, 0.6) is 0 Å². The maximum atomic E-state index is 11.7. The molecule has 1 aliphatic carbocycles. The van der Waals surface area contributed by atoms with E-state index in [9.17, 15) is 4.79 Å². The van der Waals surface area contributed by atoms with Crippen LogP contribution >= 0.6 is 11.3 Å². The van der Waals surface area contributed by atoms with E-state index in [-0.39, 0.29) is 11.9 Å². The molecule has 3 aliphatic rings. The molecule has 41 heavy (non-hydrogen) atoms. The summed E-state index contributed by atoms with van der Waals surface area (Å²) in [6.45, 7) is 4.87. The number of amides is 1. The Labute approximate surface area is 242 Å². The minimum atomic E-state index is 0.0558. The highest BCUT2D eigenvalue weighted by Gasteiger charge is 2.43. The van der Waals surface area contributed by atoms with E-state index in [2.05, 4.69) is 42.8 Å². The number of aromatic nitrogens is 5. The third-order valence-corrected chi connectivity index (χ3v) is 9.55. The van der Waals surface area contributed by atoms with E-state index in [4.69, 9.17) is 16.1 Å². The molecular weight excluding hydrogens is 536 g/mol. The van der Waals surface area contributed by atoms with Gasteiger partial charge < -0.3 is 20.3 Å². The van der Waals surface area contributed by atoms with Crippen molar-refractivity contribution in [3.8, 4) is 34.3 Å². The van der Waals surface area contributed by atoms with E-state index in [1.807, 2.05) is 28.9 Å². The summed E-state index contributed by atoms with van der Waals surface area (Å²) in [5.74, 6) is 3.59. The first-order chi connectivity index (χ1) is 20.1. The molecule has 1 amide bonds. The molecule has 3 atom stereocenters. The van der Waals surface area contributed by atoms with Crippen molar-refractivity contribution in [1.29, 1.82) is 0 Å². The number of hydrogen-bond acceptors (Lipinski definition) is 9. The van der Waals surface area contributed by atoms with Crippen LogP contribution in [0.3, 0.4) is 0 Å². The zero-order valence-electron chi connectivity index (χ0n) is 22.9. The Morgan fingerprint density at radius 2 is 1.90 bits per heavy atom. The first-order valence-electron chi connectivity index (χ1n) is 14.2. The average molecular weight is 569 g/mol. The van der Waals surface area contributed by atoms with Crippen molar-refractivity contribution < 1.29 is 9.53 Å². The molecule has 0 aromatic carbocycles. The number of hydrogen-bond donors (Lipinski definition) is 2. The molecule has 2 bridgehead atoms. The van der Waals surface area contributed by atoms with Crippen LogP contribution in [0.4, 0.5) is 10.8 Å². The van der Waals surface area contributed by atoms with Crippen molar-refractivity contribution in [1.82, 2.24) is 30.1 Å². The van der Waals surface area contributed by atoms with Gasteiger partial charge in [0.1, 0.15) is 0 Å². The van der Waals surface area contributed by atoms with Gasteiger partial charge in [-0.15, -0.1) is 16.6 Å². The highest BCUT2D eigenvalue weighted by molar-refractivity contribution is 7.18. The molecule has 210 valence electrons. The quantitative estimate of drug-likeness (QED) is 0.338. The van der Waals surface area contributed by atoms with E-state index >= 15 is 0 Å². The molecular formula is C30H32N8O2S. The van der Waals surface area contributed by atoms with Crippen LogP contribution in [0.1, 0.15) is 38.2 Å². The van der Waals surface area contributed by atoms with Crippen LogP contribution in [0.15, 0.2) is 36.7 Å². The summed E-state index contributed by atoms with van der Waals surface area (Å²) >= 11 is 1.60. The smallest absolute Gasteiger partial charge is 0.217 e. The summed E-state index contributed by atoms with van der Waals surface area (Å²) in [5.41, 5.74) is 5.27. The molecule has 0 radical (unpaired) electrons. The Bertz CT molecular complexity index is 1620. The van der Waals surface area contributed by atoms with E-state index in [1.165, 1.54) is 0 Å². The third-order valence-electron chi connectivity index (χ3n) is 8.53. The number of rotatable bonds is 6. The largest absolute Gasteiger partial charge is 0.381 e. The predicted molar refractivity (Wildman–Crippen MR) is 159 cm³/mol. The van der Waals surface area contributed by atoms with Crippen molar-refractivity contribution in [2.45, 2.75) is 44.7 Å². The first kappa shape index (κ1) is 25.9. The maximum absolute atomic E-state index is 11.7. The van der Waals surface area contributed by atoms with Crippen molar-refractivity contribution >= 4 is 33.6 Å². The van der Waals surface area contributed by atoms with Gasteiger partial charge in [0.15, 0.2) is 5.01 Å². The van der Waals surface area contributed by atoms with Crippen LogP contribution in [0, 0.1) is 24.2 Å². The van der Waals surface area contributed by atoms with Crippen molar-refractivity contribution in [2.24, 2.45) is 11.8 Å². The summed E-state index contributed by atoms with van der Waals surface area (Å²) < 4.78 is 7.46. The molecule has 1 unspecified atom stereocenters. The van der Waals surface area contributed by atoms with Gasteiger partial charge in [-0.05, 0) is 61.8 Å². The van der Waals surface area contributed by atoms with Crippen LogP contribution in [0.25, 0.3) is 27.5 Å². The van der Waals surface area contributed by atoms with Gasteiger partial charge in [0, 0.05) is 62.8 Å². The van der Waals surface area contributed by atoms with E-state index in [1.54, 1.807) is 24.5 Å². The number of pyridine rings is 1. The summed E-state index contributed by atoms with van der Waals surface area (Å²) in [5, 5.41) is 22.5. The number of anilines is 2. The Morgan fingerprint density at radius 1 is 1.10 bits per heavy atom. The number of carbonyl (C=O) groups is 1. The molecule has 3 fully saturated rings. The van der Waals surface area contributed by atoms with Crippen LogP contribution in [0.2, 0.25) is 0 Å². The summed E-state index contributed by atoms with van der Waals surface area (Å²) in [7, 11) is 0. The van der Waals surface area contributed by atoms with Gasteiger partial charge >= 0.3 is 0 Å². The monoisotopic (exact) mass is 568 g/mol. The van der Waals surface area contributed by atoms with Gasteiger partial charge in [0.2, 0.25) is 11.0 Å². The van der Waals surface area contributed by atoms with Gasteiger partial charge in [-0.3, -0.25) is 9.78 Å². The third kappa shape index (κ3) is 5.02. The van der Waals surface area contributed by atoms with Gasteiger partial charge in [0.05, 0.1) is 28.7 Å². The van der Waals surface area contributed by atoms with E-state index in [0.717, 1.165) is 95.8 Å². The standard InChI is InChI=1S/C30H32N8O2S/c1-3-19-12-23-6-7-27(38(23)32-14-19)26-13-25(34-22-8-10-40-11-9-22)24(15-31-26)29-35-36-30(41-29)37-16-20-4-5-21(17-37)28(20)33-18(2)39/h1,6-7,12-15,20-22,28H,4-5,8-11,16-17H2,2H3,(H,31,34)(H,33,39)/t20-,21+,28?. The lowest BCUT2D eigenvalue weighted by Crippen LogP contribution is -2.52. The lowest BCUT2D eigenvalue weighted by molar-refractivity contribution is -0.120. The zero-order chi connectivity index (χ0) is 27.9. The van der Waals surface area contributed by atoms with Gasteiger partial charge in [-0.2, -0.15) is 5.10 Å². The summed E-state index contributed by atoms with van der Waals surface area (Å²) in [6, 6.07) is 8.62. The summed E-state index contributed by atoms with van der Waals surface area (Å²) in [4.78, 5) is 18.9. The van der Waals surface area contributed by atoms with Crippen molar-refractivity contribution in [3.05, 3.63) is 42.2 Å². The van der Waals surface area contributed by atoms with Gasteiger partial charge in [-0.25, -0.2) is 4.52 Å². The molecule has 10 nitrogen and oxygen atoms in total. The fraction of sp³-hybridized carbons (Fsp3) is 0.433. The molecule has 4 aromatic rings. The highest BCUT2D eigenvalue weighted by atomic mass is 32.1. The molecule has 2 saturated heterocycles. The molecule has 6 heterocycles. The fourth-order valence-electron chi connectivity index (χ4n) is 6.52. The Morgan fingerprint density at radius 3 is 2.66 bits per heavy atom. The topological polar surface area (TPSA) is 110 Å². The number of terminal acetylenes is 1. The SMILES string of the molecule is C#Cc1cnn2c(-c3cc(NC4CCOCC4)c(-c4nnc(N5C[C@H]6CC[C@@H](C5)C6NC(C)=O)s4)cn3)ccc2c1. The fourth-order valence-corrected chi connectivity index (χ4v) is 7.41. The van der Waals surface area contributed by atoms with E-state index in [0.29, 0.717) is 17.9 Å². The average Bonchev–Trinajstić information content (AvgIpc) is 3.69. The Hall–Kier alpha value is -4.01. The van der Waals surface area contributed by atoms with Crippen LogP contribution < -0.4 is 15.5 Å². The second kappa shape index (κ2) is 10.8. The maximum Gasteiger partial charge on any atom is 0.217 e. The lowest BCUT2D eigenvalue weighted by atomic mass is 9.92. The predicted octanol–water partition coefficient (Wildman–Crippen LogP) is 3.84. The second-order valence-corrected chi connectivity index (χ2v) is 12.2. The molecule has 2 N–H and O–H groups in total. The molecule has 2 aliphatic heterocycles. The first-order valence-corrected chi connectivity index (χ1v) is 15.0. The van der Waals surface area contributed by atoms with Crippen LogP contribution in [-0.4, -0.2) is 69.1 Å². The van der Waals surface area contributed by atoms with E-state index < -0.39 is 0 Å². The van der Waals surface area contributed by atoms with Crippen molar-refractivity contribution in [2.75, 3.05) is 36.5 Å². The van der Waals surface area contributed by atoms with Gasteiger partial charge in [-0.1, -0.05) is 17.3 Å². The molecule has 0 spiro atoms. The highest BCUT2D eigenvalue weighted by Crippen LogP contribution is 2.41. The number of ether oxygens (including phenoxy) is 1. The summed E-state index contributed by atoms with van der Waals surface area (Å²) in [6.07, 6.45) is 13.3. The Kier molecular flexibility index (Phi) is 6.80. The lowest BCUT2D eigenvalue weighted by Gasteiger charge is -2.37. The van der Waals surface area contributed by atoms with Gasteiger partial charge in [0.25, 0.3) is 0 Å². The molecule has 1 saturated carbocycles. The zero-order valence-corrected chi connectivity index (χ0v) is 23.7. The number of piperidine rings is 1. The minimum Gasteiger partial charge on any atom is -0.381 e. The minimum absolute atomic E-state index is 0.0558. The van der Waals surface area contributed by atoms with Crippen molar-refractivity contribution in [3.63, 3.8) is 0 Å². The number of fused-ring (bicyclic) bond motifs is 3. The molecule has 11 heteroatoms. The second-order valence-electron chi connectivity index (χ2n) is 11.2. The molecule has 7 rings (SSSR count). The normalized spacial score (nSPS) is 22.5. The number of nitrogens with zero attached hydrogens (tertiary/aromatic N) is 6. The number of carbonyl (C=O) groups excluding carboxylic acids is 1. The Balaban J connectivity index is 1.19. The van der Waals surface area contributed by atoms with Crippen LogP contribution in [-0.2, 0) is 9.53 Å². The molecule has 4 aromatic heterocycles. The number of nitrogens with one attached hydrogen (secondary N) is 2.